The average molecular weight is 312 g/mol. The lowest BCUT2D eigenvalue weighted by molar-refractivity contribution is 0.0585. The van der Waals surface area contributed by atoms with Gasteiger partial charge in [-0.1, -0.05) is 18.2 Å². The number of fused-ring (bicyclic) bond motifs is 1. The molecule has 0 bridgehead atoms. The van der Waals surface area contributed by atoms with E-state index in [1.807, 2.05) is 39.0 Å². The highest BCUT2D eigenvalue weighted by atomic mass is 16.5. The van der Waals surface area contributed by atoms with Crippen molar-refractivity contribution in [1.29, 1.82) is 0 Å². The second-order valence-corrected chi connectivity index (χ2v) is 6.56. The Morgan fingerprint density at radius 2 is 1.78 bits per heavy atom. The van der Waals surface area contributed by atoms with E-state index in [2.05, 4.69) is 13.0 Å². The summed E-state index contributed by atoms with van der Waals surface area (Å²) in [5, 5.41) is 10.3. The quantitative estimate of drug-likeness (QED) is 0.883. The Morgan fingerprint density at radius 1 is 1.09 bits per heavy atom. The van der Waals surface area contributed by atoms with Crippen molar-refractivity contribution in [3.63, 3.8) is 0 Å². The minimum absolute atomic E-state index is 0.394. The van der Waals surface area contributed by atoms with E-state index < -0.39 is 5.60 Å². The first-order valence-corrected chi connectivity index (χ1v) is 8.03. The molecular formula is C20H24O3. The average Bonchev–Trinajstić information content (AvgIpc) is 2.58. The molecule has 0 radical (unpaired) electrons. The van der Waals surface area contributed by atoms with Gasteiger partial charge in [0, 0.05) is 11.1 Å². The Kier molecular flexibility index (Phi) is 3.75. The summed E-state index contributed by atoms with van der Waals surface area (Å²) in [5.41, 5.74) is 4.61. The molecule has 1 heterocycles. The maximum atomic E-state index is 10.3. The van der Waals surface area contributed by atoms with Gasteiger partial charge >= 0.3 is 0 Å². The minimum atomic E-state index is -0.430. The molecule has 0 fully saturated rings. The maximum absolute atomic E-state index is 10.3. The first-order valence-electron chi connectivity index (χ1n) is 8.03. The van der Waals surface area contributed by atoms with Crippen molar-refractivity contribution in [2.75, 3.05) is 7.11 Å². The zero-order chi connectivity index (χ0) is 16.8. The second-order valence-electron chi connectivity index (χ2n) is 6.56. The summed E-state index contributed by atoms with van der Waals surface area (Å²) in [6.07, 6.45) is 1.73. The van der Waals surface area contributed by atoms with Gasteiger partial charge in [-0.2, -0.15) is 0 Å². The summed E-state index contributed by atoms with van der Waals surface area (Å²) in [6.45, 7) is 8.04. The van der Waals surface area contributed by atoms with Crippen molar-refractivity contribution in [2.24, 2.45) is 0 Å². The standard InChI is InChI=1S/C20H24O3/c1-12-13(2)19-15(14(3)18(12)21)10-11-20(4,23-19)16-8-6-7-9-17(16)22-5/h6-9,21H,10-11H2,1-5H3. The normalized spacial score (nSPS) is 19.9. The van der Waals surface area contributed by atoms with Crippen LogP contribution in [-0.4, -0.2) is 12.2 Å². The summed E-state index contributed by atoms with van der Waals surface area (Å²) in [5.74, 6) is 2.16. The summed E-state index contributed by atoms with van der Waals surface area (Å²) in [4.78, 5) is 0. The van der Waals surface area contributed by atoms with Crippen molar-refractivity contribution in [1.82, 2.24) is 0 Å². The van der Waals surface area contributed by atoms with E-state index in [0.717, 1.165) is 52.2 Å². The lowest BCUT2D eigenvalue weighted by atomic mass is 9.83. The van der Waals surface area contributed by atoms with E-state index >= 15 is 0 Å². The van der Waals surface area contributed by atoms with Gasteiger partial charge in [-0.15, -0.1) is 0 Å². The smallest absolute Gasteiger partial charge is 0.135 e. The number of hydrogen-bond donors (Lipinski definition) is 1. The van der Waals surface area contributed by atoms with Gasteiger partial charge in [-0.25, -0.2) is 0 Å². The molecule has 0 amide bonds. The fraction of sp³-hybridized carbons (Fsp3) is 0.400. The molecule has 2 aromatic rings. The van der Waals surface area contributed by atoms with E-state index in [4.69, 9.17) is 9.47 Å². The number of phenolic OH excluding ortho intramolecular Hbond substituents is 1. The topological polar surface area (TPSA) is 38.7 Å². The van der Waals surface area contributed by atoms with Gasteiger partial charge in [0.2, 0.25) is 0 Å². The van der Waals surface area contributed by atoms with Crippen LogP contribution in [0.3, 0.4) is 0 Å². The lowest BCUT2D eigenvalue weighted by Crippen LogP contribution is -2.34. The second kappa shape index (κ2) is 5.48. The summed E-state index contributed by atoms with van der Waals surface area (Å²) in [6, 6.07) is 8.03. The van der Waals surface area contributed by atoms with Crippen molar-refractivity contribution in [2.45, 2.75) is 46.1 Å². The largest absolute Gasteiger partial charge is 0.507 e. The van der Waals surface area contributed by atoms with Crippen LogP contribution in [0.1, 0.15) is 41.2 Å². The van der Waals surface area contributed by atoms with Crippen molar-refractivity contribution < 1.29 is 14.6 Å². The van der Waals surface area contributed by atoms with Gasteiger partial charge in [-0.05, 0) is 63.3 Å². The highest BCUT2D eigenvalue weighted by Crippen LogP contribution is 2.47. The van der Waals surface area contributed by atoms with Crippen molar-refractivity contribution in [3.8, 4) is 17.2 Å². The number of benzene rings is 2. The molecule has 1 aliphatic heterocycles. The zero-order valence-electron chi connectivity index (χ0n) is 14.5. The third-order valence-electron chi connectivity index (χ3n) is 5.20. The molecule has 3 heteroatoms. The van der Waals surface area contributed by atoms with Crippen LogP contribution in [0.15, 0.2) is 24.3 Å². The number of methoxy groups -OCH3 is 1. The van der Waals surface area contributed by atoms with Crippen LogP contribution in [-0.2, 0) is 12.0 Å². The molecule has 0 spiro atoms. The molecule has 3 rings (SSSR count). The molecule has 0 aromatic heterocycles. The summed E-state index contributed by atoms with van der Waals surface area (Å²) in [7, 11) is 1.69. The van der Waals surface area contributed by atoms with Crippen LogP contribution < -0.4 is 9.47 Å². The Morgan fingerprint density at radius 3 is 2.48 bits per heavy atom. The van der Waals surface area contributed by atoms with E-state index in [1.165, 1.54) is 0 Å². The van der Waals surface area contributed by atoms with E-state index in [0.29, 0.717) is 5.75 Å². The first kappa shape index (κ1) is 15.7. The molecule has 1 aliphatic rings. The molecule has 2 aromatic carbocycles. The molecule has 1 N–H and O–H groups in total. The summed E-state index contributed by atoms with van der Waals surface area (Å²) < 4.78 is 12.0. The number of ether oxygens (including phenoxy) is 2. The fourth-order valence-corrected chi connectivity index (χ4v) is 3.52. The van der Waals surface area contributed by atoms with Crippen LogP contribution in [0.4, 0.5) is 0 Å². The summed E-state index contributed by atoms with van der Waals surface area (Å²) >= 11 is 0. The van der Waals surface area contributed by atoms with Gasteiger partial charge in [0.15, 0.2) is 0 Å². The number of phenols is 1. The van der Waals surface area contributed by atoms with Crippen molar-refractivity contribution >= 4 is 0 Å². The van der Waals surface area contributed by atoms with Crippen LogP contribution in [0, 0.1) is 20.8 Å². The minimum Gasteiger partial charge on any atom is -0.507 e. The molecule has 1 unspecified atom stereocenters. The molecule has 0 saturated carbocycles. The predicted octanol–water partition coefficient (Wildman–Crippen LogP) is 4.57. The molecular weight excluding hydrogens is 288 g/mol. The molecule has 1 atom stereocenters. The highest BCUT2D eigenvalue weighted by molar-refractivity contribution is 5.59. The van der Waals surface area contributed by atoms with E-state index in [1.54, 1.807) is 7.11 Å². The molecule has 0 aliphatic carbocycles. The Balaban J connectivity index is 2.13. The van der Waals surface area contributed by atoms with Crippen LogP contribution >= 0.6 is 0 Å². The lowest BCUT2D eigenvalue weighted by Gasteiger charge is -2.38. The third kappa shape index (κ3) is 2.35. The van der Waals surface area contributed by atoms with Gasteiger partial charge in [0.05, 0.1) is 7.11 Å². The number of rotatable bonds is 2. The fourth-order valence-electron chi connectivity index (χ4n) is 3.52. The van der Waals surface area contributed by atoms with E-state index in [9.17, 15) is 5.11 Å². The zero-order valence-corrected chi connectivity index (χ0v) is 14.5. The number of para-hydroxylation sites is 1. The van der Waals surface area contributed by atoms with Crippen molar-refractivity contribution in [3.05, 3.63) is 52.1 Å². The predicted molar refractivity (Wildman–Crippen MR) is 91.6 cm³/mol. The first-order chi connectivity index (χ1) is 10.9. The Bertz CT molecular complexity index is 764. The third-order valence-corrected chi connectivity index (χ3v) is 5.20. The number of aromatic hydroxyl groups is 1. The van der Waals surface area contributed by atoms with E-state index in [-0.39, 0.29) is 0 Å². The van der Waals surface area contributed by atoms with Crippen LogP contribution in [0.5, 0.6) is 17.2 Å². The maximum Gasteiger partial charge on any atom is 0.135 e. The Hall–Kier alpha value is -2.16. The van der Waals surface area contributed by atoms with Crippen LogP contribution in [0.25, 0.3) is 0 Å². The molecule has 3 nitrogen and oxygen atoms in total. The molecule has 0 saturated heterocycles. The van der Waals surface area contributed by atoms with Crippen LogP contribution in [0.2, 0.25) is 0 Å². The van der Waals surface area contributed by atoms with Gasteiger partial charge in [-0.3, -0.25) is 0 Å². The SMILES string of the molecule is COc1ccccc1C1(C)CCc2c(C)c(O)c(C)c(C)c2O1. The number of hydrogen-bond acceptors (Lipinski definition) is 3. The molecule has 23 heavy (non-hydrogen) atoms. The Labute approximate surface area is 137 Å². The molecule has 122 valence electrons. The highest BCUT2D eigenvalue weighted by Gasteiger charge is 2.37. The van der Waals surface area contributed by atoms with Gasteiger partial charge in [0.25, 0.3) is 0 Å². The van der Waals surface area contributed by atoms with Gasteiger partial charge in [0.1, 0.15) is 22.8 Å². The van der Waals surface area contributed by atoms with Gasteiger partial charge < -0.3 is 14.6 Å². The monoisotopic (exact) mass is 312 g/mol.